The summed E-state index contributed by atoms with van der Waals surface area (Å²) in [5.41, 5.74) is 2.47. The van der Waals surface area contributed by atoms with E-state index in [-0.39, 0.29) is 5.41 Å². The lowest BCUT2D eigenvalue weighted by Crippen LogP contribution is -2.20. The van der Waals surface area contributed by atoms with Crippen LogP contribution in [0.25, 0.3) is 0 Å². The minimum atomic E-state index is -0.684. The Morgan fingerprint density at radius 1 is 1.44 bits per heavy atom. The SMILES string of the molecule is Cn1cc(CNCCCS(C)=O)c(C(C)(C)C)n1. The smallest absolute Gasteiger partial charge is 0.0722 e. The minimum Gasteiger partial charge on any atom is -0.313 e. The standard InChI is InChI=1S/C13H25N3OS/c1-13(2,3)12-11(10-16(4)15-12)9-14-7-6-8-18(5)17/h10,14H,6-9H2,1-5H3. The summed E-state index contributed by atoms with van der Waals surface area (Å²) in [6.07, 6.45) is 4.78. The van der Waals surface area contributed by atoms with Crippen LogP contribution < -0.4 is 5.32 Å². The molecule has 1 unspecified atom stereocenters. The Morgan fingerprint density at radius 3 is 2.67 bits per heavy atom. The lowest BCUT2D eigenvalue weighted by Gasteiger charge is -2.17. The molecule has 1 aromatic heterocycles. The van der Waals surface area contributed by atoms with Crippen molar-refractivity contribution >= 4 is 10.8 Å². The van der Waals surface area contributed by atoms with Gasteiger partial charge in [-0.05, 0) is 13.0 Å². The Bertz CT molecular complexity index is 407. The maximum absolute atomic E-state index is 10.9. The van der Waals surface area contributed by atoms with Crippen LogP contribution in [-0.2, 0) is 29.8 Å². The molecule has 0 saturated carbocycles. The van der Waals surface area contributed by atoms with Crippen molar-refractivity contribution in [1.29, 1.82) is 0 Å². The van der Waals surface area contributed by atoms with Gasteiger partial charge < -0.3 is 5.32 Å². The molecule has 0 bridgehead atoms. The van der Waals surface area contributed by atoms with E-state index in [1.165, 1.54) is 5.56 Å². The third kappa shape index (κ3) is 4.90. The molecule has 1 N–H and O–H groups in total. The fraction of sp³-hybridized carbons (Fsp3) is 0.769. The predicted molar refractivity (Wildman–Crippen MR) is 77.2 cm³/mol. The first-order chi connectivity index (χ1) is 8.30. The van der Waals surface area contributed by atoms with Crippen LogP contribution in [0.4, 0.5) is 0 Å². The van der Waals surface area contributed by atoms with Gasteiger partial charge in [0.05, 0.1) is 5.69 Å². The molecule has 104 valence electrons. The van der Waals surface area contributed by atoms with Crippen LogP contribution in [0.3, 0.4) is 0 Å². The first-order valence-corrected chi connectivity index (χ1v) is 8.07. The highest BCUT2D eigenvalue weighted by molar-refractivity contribution is 7.84. The second kappa shape index (κ2) is 6.48. The van der Waals surface area contributed by atoms with Crippen molar-refractivity contribution in [2.24, 2.45) is 7.05 Å². The van der Waals surface area contributed by atoms with Crippen LogP contribution in [0.2, 0.25) is 0 Å². The van der Waals surface area contributed by atoms with Crippen molar-refractivity contribution in [2.75, 3.05) is 18.6 Å². The lowest BCUT2D eigenvalue weighted by molar-refractivity contribution is 0.543. The zero-order valence-corrected chi connectivity index (χ0v) is 12.9. The number of nitrogens with zero attached hydrogens (tertiary/aromatic N) is 2. The Balaban J connectivity index is 2.49. The van der Waals surface area contributed by atoms with Gasteiger partial charge in [0.25, 0.3) is 0 Å². The molecular weight excluding hydrogens is 246 g/mol. The van der Waals surface area contributed by atoms with Gasteiger partial charge in [-0.3, -0.25) is 8.89 Å². The molecule has 0 aromatic carbocycles. The summed E-state index contributed by atoms with van der Waals surface area (Å²) in [5, 5.41) is 7.93. The normalized spacial score (nSPS) is 13.8. The third-order valence-electron chi connectivity index (χ3n) is 2.72. The van der Waals surface area contributed by atoms with E-state index in [4.69, 9.17) is 0 Å². The van der Waals surface area contributed by atoms with E-state index in [1.807, 2.05) is 11.7 Å². The molecule has 0 spiro atoms. The first-order valence-electron chi connectivity index (χ1n) is 6.34. The second-order valence-electron chi connectivity index (χ2n) is 5.73. The van der Waals surface area contributed by atoms with Crippen molar-refractivity contribution in [3.05, 3.63) is 17.5 Å². The zero-order valence-electron chi connectivity index (χ0n) is 12.1. The Hall–Kier alpha value is -0.680. The highest BCUT2D eigenvalue weighted by Crippen LogP contribution is 2.23. The fourth-order valence-corrected chi connectivity index (χ4v) is 2.47. The number of hydrogen-bond donors (Lipinski definition) is 1. The molecule has 0 aliphatic carbocycles. The monoisotopic (exact) mass is 271 g/mol. The van der Waals surface area contributed by atoms with Gasteiger partial charge >= 0.3 is 0 Å². The molecule has 0 saturated heterocycles. The van der Waals surface area contributed by atoms with Gasteiger partial charge in [0, 0.05) is 53.6 Å². The Kier molecular flexibility index (Phi) is 5.53. The average Bonchev–Trinajstić information content (AvgIpc) is 2.58. The quantitative estimate of drug-likeness (QED) is 0.799. The summed E-state index contributed by atoms with van der Waals surface area (Å²) >= 11 is 0. The van der Waals surface area contributed by atoms with Crippen LogP contribution in [0.1, 0.15) is 38.4 Å². The molecule has 0 amide bonds. The molecule has 1 atom stereocenters. The van der Waals surface area contributed by atoms with Crippen molar-refractivity contribution in [3.63, 3.8) is 0 Å². The summed E-state index contributed by atoms with van der Waals surface area (Å²) in [7, 11) is 1.27. The largest absolute Gasteiger partial charge is 0.313 e. The maximum Gasteiger partial charge on any atom is 0.0722 e. The van der Waals surface area contributed by atoms with E-state index in [1.54, 1.807) is 6.26 Å². The van der Waals surface area contributed by atoms with Gasteiger partial charge in [-0.25, -0.2) is 0 Å². The van der Waals surface area contributed by atoms with E-state index in [2.05, 4.69) is 37.4 Å². The lowest BCUT2D eigenvalue weighted by atomic mass is 9.89. The number of aryl methyl sites for hydroxylation is 1. The van der Waals surface area contributed by atoms with Crippen LogP contribution in [0.5, 0.6) is 0 Å². The molecule has 5 heteroatoms. The van der Waals surface area contributed by atoms with Gasteiger partial charge in [-0.2, -0.15) is 5.10 Å². The van der Waals surface area contributed by atoms with Crippen molar-refractivity contribution < 1.29 is 4.21 Å². The molecule has 0 aliphatic heterocycles. The van der Waals surface area contributed by atoms with Crippen molar-refractivity contribution in [3.8, 4) is 0 Å². The second-order valence-corrected chi connectivity index (χ2v) is 7.29. The summed E-state index contributed by atoms with van der Waals surface area (Å²) in [6, 6.07) is 0. The number of rotatable bonds is 6. The minimum absolute atomic E-state index is 0.0726. The fourth-order valence-electron chi connectivity index (χ4n) is 1.92. The molecule has 0 fully saturated rings. The Labute approximate surface area is 113 Å². The average molecular weight is 271 g/mol. The van der Waals surface area contributed by atoms with Crippen LogP contribution in [0.15, 0.2) is 6.20 Å². The highest BCUT2D eigenvalue weighted by atomic mass is 32.2. The molecule has 18 heavy (non-hydrogen) atoms. The van der Waals surface area contributed by atoms with Crippen molar-refractivity contribution in [1.82, 2.24) is 15.1 Å². The number of hydrogen-bond acceptors (Lipinski definition) is 3. The summed E-state index contributed by atoms with van der Waals surface area (Å²) in [4.78, 5) is 0. The molecule has 4 nitrogen and oxygen atoms in total. The topological polar surface area (TPSA) is 46.9 Å². The molecule has 1 heterocycles. The highest BCUT2D eigenvalue weighted by Gasteiger charge is 2.21. The van der Waals surface area contributed by atoms with Crippen LogP contribution in [-0.4, -0.2) is 32.5 Å². The maximum atomic E-state index is 10.9. The summed E-state index contributed by atoms with van der Waals surface area (Å²) in [5.74, 6) is 0.770. The zero-order chi connectivity index (χ0) is 13.8. The van der Waals surface area contributed by atoms with Gasteiger partial charge in [0.1, 0.15) is 0 Å². The molecule has 0 radical (unpaired) electrons. The van der Waals surface area contributed by atoms with Gasteiger partial charge in [-0.15, -0.1) is 0 Å². The number of nitrogens with one attached hydrogen (secondary N) is 1. The summed E-state index contributed by atoms with van der Waals surface area (Å²) in [6.45, 7) is 8.27. The van der Waals surface area contributed by atoms with Crippen LogP contribution >= 0.6 is 0 Å². The first kappa shape index (κ1) is 15.4. The van der Waals surface area contributed by atoms with Crippen LogP contribution in [0, 0.1) is 0 Å². The van der Waals surface area contributed by atoms with E-state index in [0.717, 1.165) is 31.0 Å². The van der Waals surface area contributed by atoms with E-state index >= 15 is 0 Å². The molecular formula is C13H25N3OS. The summed E-state index contributed by atoms with van der Waals surface area (Å²) < 4.78 is 12.8. The molecule has 0 aliphatic rings. The van der Waals surface area contributed by atoms with E-state index in [9.17, 15) is 4.21 Å². The van der Waals surface area contributed by atoms with E-state index in [0.29, 0.717) is 0 Å². The van der Waals surface area contributed by atoms with E-state index < -0.39 is 10.8 Å². The predicted octanol–water partition coefficient (Wildman–Crippen LogP) is 1.58. The molecule has 1 rings (SSSR count). The van der Waals surface area contributed by atoms with Crippen molar-refractivity contribution in [2.45, 2.75) is 39.2 Å². The van der Waals surface area contributed by atoms with Gasteiger partial charge in [-0.1, -0.05) is 20.8 Å². The van der Waals surface area contributed by atoms with Gasteiger partial charge in [0.15, 0.2) is 0 Å². The third-order valence-corrected chi connectivity index (χ3v) is 3.58. The molecule has 1 aromatic rings. The van der Waals surface area contributed by atoms with Gasteiger partial charge in [0.2, 0.25) is 0 Å². The number of aromatic nitrogens is 2. The Morgan fingerprint density at radius 2 is 2.11 bits per heavy atom.